The molecule has 0 aliphatic heterocycles. The summed E-state index contributed by atoms with van der Waals surface area (Å²) in [5.74, 6) is 1.72. The second kappa shape index (κ2) is 7.01. The maximum atomic E-state index is 5.24. The zero-order chi connectivity index (χ0) is 14.4. The van der Waals surface area contributed by atoms with Gasteiger partial charge >= 0.3 is 0 Å². The zero-order valence-corrected chi connectivity index (χ0v) is 12.3. The van der Waals surface area contributed by atoms with E-state index >= 15 is 0 Å². The van der Waals surface area contributed by atoms with Crippen LogP contribution in [0.2, 0.25) is 0 Å². The molecule has 1 aromatic carbocycles. The minimum Gasteiger partial charge on any atom is -0.497 e. The van der Waals surface area contributed by atoms with E-state index < -0.39 is 0 Å². The van der Waals surface area contributed by atoms with E-state index in [0.29, 0.717) is 0 Å². The van der Waals surface area contributed by atoms with Crippen molar-refractivity contribution in [3.8, 4) is 5.75 Å². The monoisotopic (exact) mass is 271 g/mol. The van der Waals surface area contributed by atoms with E-state index in [1.807, 2.05) is 31.2 Å². The lowest BCUT2D eigenvalue weighted by atomic mass is 10.1. The number of rotatable bonds is 6. The molecule has 0 fully saturated rings. The summed E-state index contributed by atoms with van der Waals surface area (Å²) in [6, 6.07) is 10.0. The second-order valence-corrected chi connectivity index (χ2v) is 4.73. The Bertz CT molecular complexity index is 569. The van der Waals surface area contributed by atoms with Gasteiger partial charge in [0.15, 0.2) is 0 Å². The van der Waals surface area contributed by atoms with E-state index in [1.54, 1.807) is 7.11 Å². The summed E-state index contributed by atoms with van der Waals surface area (Å²) in [7, 11) is 1.68. The van der Waals surface area contributed by atoms with Crippen LogP contribution >= 0.6 is 0 Å². The molecule has 2 aromatic rings. The molecule has 2 rings (SSSR count). The van der Waals surface area contributed by atoms with Crippen LogP contribution in [-0.4, -0.2) is 23.6 Å². The van der Waals surface area contributed by atoms with Gasteiger partial charge < -0.3 is 10.1 Å². The first-order valence-electron chi connectivity index (χ1n) is 6.88. The Morgan fingerprint density at radius 2 is 2.05 bits per heavy atom. The Hall–Kier alpha value is -1.94. The second-order valence-electron chi connectivity index (χ2n) is 4.73. The number of hydrogen-bond donors (Lipinski definition) is 1. The average molecular weight is 271 g/mol. The van der Waals surface area contributed by atoms with Gasteiger partial charge in [0.05, 0.1) is 12.8 Å². The maximum absolute atomic E-state index is 5.24. The van der Waals surface area contributed by atoms with Crippen molar-refractivity contribution in [2.45, 2.75) is 26.8 Å². The van der Waals surface area contributed by atoms with Crippen LogP contribution in [0.4, 0.5) is 0 Å². The molecular formula is C16H21N3O. The third-order valence-corrected chi connectivity index (χ3v) is 3.01. The smallest absolute Gasteiger partial charge is 0.133 e. The van der Waals surface area contributed by atoms with Crippen LogP contribution in [0.3, 0.4) is 0 Å². The van der Waals surface area contributed by atoms with Gasteiger partial charge in [-0.3, -0.25) is 0 Å². The Kier molecular flexibility index (Phi) is 5.07. The highest BCUT2D eigenvalue weighted by Crippen LogP contribution is 2.15. The standard InChI is InChI=1S/C16H21N3O/c1-4-17-11-14-8-12(2)18-16(19-14)10-13-6-5-7-15(9-13)20-3/h5-9,17H,4,10-11H2,1-3H3. The summed E-state index contributed by atoms with van der Waals surface area (Å²) in [6.07, 6.45) is 0.720. The average Bonchev–Trinajstić information content (AvgIpc) is 2.44. The van der Waals surface area contributed by atoms with Gasteiger partial charge in [-0.1, -0.05) is 19.1 Å². The van der Waals surface area contributed by atoms with Crippen LogP contribution in [0.15, 0.2) is 30.3 Å². The summed E-state index contributed by atoms with van der Waals surface area (Å²) in [4.78, 5) is 9.12. The van der Waals surface area contributed by atoms with Gasteiger partial charge in [0.25, 0.3) is 0 Å². The third kappa shape index (κ3) is 4.03. The Morgan fingerprint density at radius 1 is 1.20 bits per heavy atom. The molecule has 1 aromatic heterocycles. The molecule has 0 saturated carbocycles. The Labute approximate surface area is 120 Å². The number of hydrogen-bond acceptors (Lipinski definition) is 4. The van der Waals surface area contributed by atoms with Crippen LogP contribution in [0, 0.1) is 6.92 Å². The Morgan fingerprint density at radius 3 is 2.80 bits per heavy atom. The number of aromatic nitrogens is 2. The molecule has 0 amide bonds. The number of nitrogens with zero attached hydrogens (tertiary/aromatic N) is 2. The molecule has 0 unspecified atom stereocenters. The molecule has 1 heterocycles. The largest absolute Gasteiger partial charge is 0.497 e. The van der Waals surface area contributed by atoms with Gasteiger partial charge in [-0.05, 0) is 37.2 Å². The number of ether oxygens (including phenoxy) is 1. The van der Waals surface area contributed by atoms with Crippen molar-refractivity contribution < 1.29 is 4.74 Å². The first-order valence-corrected chi connectivity index (χ1v) is 6.88. The minimum atomic E-state index is 0.720. The lowest BCUT2D eigenvalue weighted by Crippen LogP contribution is -2.14. The van der Waals surface area contributed by atoms with Crippen LogP contribution in [0.1, 0.15) is 29.7 Å². The predicted molar refractivity (Wildman–Crippen MR) is 79.9 cm³/mol. The van der Waals surface area contributed by atoms with E-state index in [0.717, 1.165) is 48.0 Å². The molecular weight excluding hydrogens is 250 g/mol. The van der Waals surface area contributed by atoms with Crippen molar-refractivity contribution in [2.75, 3.05) is 13.7 Å². The molecule has 20 heavy (non-hydrogen) atoms. The van der Waals surface area contributed by atoms with Crippen molar-refractivity contribution >= 4 is 0 Å². The molecule has 1 N–H and O–H groups in total. The highest BCUT2D eigenvalue weighted by molar-refractivity contribution is 5.30. The minimum absolute atomic E-state index is 0.720. The van der Waals surface area contributed by atoms with Crippen LogP contribution in [0.5, 0.6) is 5.75 Å². The highest BCUT2D eigenvalue weighted by Gasteiger charge is 2.04. The summed E-state index contributed by atoms with van der Waals surface area (Å²) in [6.45, 7) is 5.82. The van der Waals surface area contributed by atoms with E-state index in [4.69, 9.17) is 4.74 Å². The topological polar surface area (TPSA) is 47.0 Å². The van der Waals surface area contributed by atoms with Crippen molar-refractivity contribution in [3.05, 3.63) is 53.1 Å². The summed E-state index contributed by atoms with van der Waals surface area (Å²) >= 11 is 0. The van der Waals surface area contributed by atoms with Crippen molar-refractivity contribution in [3.63, 3.8) is 0 Å². The van der Waals surface area contributed by atoms with E-state index in [2.05, 4.69) is 28.3 Å². The molecule has 4 heteroatoms. The fraction of sp³-hybridized carbons (Fsp3) is 0.375. The van der Waals surface area contributed by atoms with Gasteiger partial charge in [0.1, 0.15) is 11.6 Å². The molecule has 4 nitrogen and oxygen atoms in total. The van der Waals surface area contributed by atoms with Gasteiger partial charge in [0.2, 0.25) is 0 Å². The van der Waals surface area contributed by atoms with Crippen LogP contribution < -0.4 is 10.1 Å². The molecule has 0 radical (unpaired) electrons. The van der Waals surface area contributed by atoms with E-state index in [-0.39, 0.29) is 0 Å². The molecule has 0 aliphatic carbocycles. The normalized spacial score (nSPS) is 10.6. The summed E-state index contributed by atoms with van der Waals surface area (Å²) in [5, 5.41) is 3.29. The van der Waals surface area contributed by atoms with E-state index in [9.17, 15) is 0 Å². The van der Waals surface area contributed by atoms with E-state index in [1.165, 1.54) is 0 Å². The fourth-order valence-electron chi connectivity index (χ4n) is 2.09. The van der Waals surface area contributed by atoms with Crippen molar-refractivity contribution in [2.24, 2.45) is 0 Å². The molecule has 0 spiro atoms. The van der Waals surface area contributed by atoms with Gasteiger partial charge in [-0.25, -0.2) is 9.97 Å². The predicted octanol–water partition coefficient (Wildman–Crippen LogP) is 2.49. The van der Waals surface area contributed by atoms with Crippen molar-refractivity contribution in [1.82, 2.24) is 15.3 Å². The first kappa shape index (κ1) is 14.5. The van der Waals surface area contributed by atoms with Gasteiger partial charge in [-0.15, -0.1) is 0 Å². The molecule has 0 saturated heterocycles. The van der Waals surface area contributed by atoms with Gasteiger partial charge in [-0.2, -0.15) is 0 Å². The number of methoxy groups -OCH3 is 1. The molecule has 0 atom stereocenters. The third-order valence-electron chi connectivity index (χ3n) is 3.01. The molecule has 106 valence electrons. The number of nitrogens with one attached hydrogen (secondary N) is 1. The maximum Gasteiger partial charge on any atom is 0.133 e. The molecule has 0 aliphatic rings. The summed E-state index contributed by atoms with van der Waals surface area (Å²) in [5.41, 5.74) is 3.20. The van der Waals surface area contributed by atoms with Crippen molar-refractivity contribution in [1.29, 1.82) is 0 Å². The van der Waals surface area contributed by atoms with Gasteiger partial charge in [0, 0.05) is 18.7 Å². The van der Waals surface area contributed by atoms with Crippen LogP contribution in [-0.2, 0) is 13.0 Å². The lowest BCUT2D eigenvalue weighted by molar-refractivity contribution is 0.414. The quantitative estimate of drug-likeness (QED) is 0.877. The highest BCUT2D eigenvalue weighted by atomic mass is 16.5. The first-order chi connectivity index (χ1) is 9.71. The summed E-state index contributed by atoms with van der Waals surface area (Å²) < 4.78 is 5.24. The fourth-order valence-corrected chi connectivity index (χ4v) is 2.09. The molecule has 0 bridgehead atoms. The van der Waals surface area contributed by atoms with Crippen LogP contribution in [0.25, 0.3) is 0 Å². The lowest BCUT2D eigenvalue weighted by Gasteiger charge is -2.07. The zero-order valence-electron chi connectivity index (χ0n) is 12.3. The SMILES string of the molecule is CCNCc1cc(C)nc(Cc2cccc(OC)c2)n1. The number of benzene rings is 1. The Balaban J connectivity index is 2.17. The number of aryl methyl sites for hydroxylation is 1.